The first-order valence-electron chi connectivity index (χ1n) is 17.4. The summed E-state index contributed by atoms with van der Waals surface area (Å²) in [6.07, 6.45) is -1.99. The van der Waals surface area contributed by atoms with E-state index < -0.39 is 59.1 Å². The standard InChI is InChI=1S/C35H41F6N5O4/c1-20-11-21-13-22(12-20)33(15-21,30(48)49)44-29(47)25-16-42-31(43-28(25)35(39,40)41)46-18-32(8-3-2-4-9-32)26-14-23(5-6-27(26)46)50-24-7-10-45(17-24)19-34(36,37)38/h5-6,14,16,20-22,24H,2-4,7-13,15,17-19H2,1H3,(H,44,47)(H,48,49)/t20?,21?,22?,24-,33?/m1/s1. The average molecular weight is 710 g/mol. The summed E-state index contributed by atoms with van der Waals surface area (Å²) in [6, 6.07) is 5.24. The zero-order valence-electron chi connectivity index (χ0n) is 27.7. The van der Waals surface area contributed by atoms with Gasteiger partial charge in [0, 0.05) is 36.9 Å². The number of rotatable bonds is 7. The van der Waals surface area contributed by atoms with Crippen LogP contribution in [0.2, 0.25) is 0 Å². The van der Waals surface area contributed by atoms with Crippen molar-refractivity contribution in [3.8, 4) is 5.75 Å². The van der Waals surface area contributed by atoms with E-state index in [0.29, 0.717) is 37.2 Å². The number of halogens is 6. The highest BCUT2D eigenvalue weighted by Gasteiger charge is 2.57. The second-order valence-electron chi connectivity index (χ2n) is 15.2. The van der Waals surface area contributed by atoms with Crippen LogP contribution < -0.4 is 15.0 Å². The van der Waals surface area contributed by atoms with Gasteiger partial charge < -0.3 is 20.1 Å². The van der Waals surface area contributed by atoms with Gasteiger partial charge in [-0.3, -0.25) is 9.69 Å². The van der Waals surface area contributed by atoms with Gasteiger partial charge >= 0.3 is 18.3 Å². The predicted molar refractivity (Wildman–Crippen MR) is 169 cm³/mol. The summed E-state index contributed by atoms with van der Waals surface area (Å²) in [5.41, 5.74) is -2.89. The first kappa shape index (κ1) is 34.8. The molecule has 1 aromatic carbocycles. The predicted octanol–water partition coefficient (Wildman–Crippen LogP) is 6.87. The van der Waals surface area contributed by atoms with Gasteiger partial charge in [-0.05, 0) is 86.5 Å². The van der Waals surface area contributed by atoms with Crippen LogP contribution in [0.25, 0.3) is 0 Å². The molecule has 3 heterocycles. The lowest BCUT2D eigenvalue weighted by molar-refractivity contribution is -0.146. The fourth-order valence-corrected chi connectivity index (χ4v) is 9.60. The third-order valence-electron chi connectivity index (χ3n) is 11.6. The first-order chi connectivity index (χ1) is 23.6. The molecule has 1 aromatic heterocycles. The molecule has 0 radical (unpaired) electrons. The Kier molecular flexibility index (Phi) is 8.74. The number of carboxylic acids is 1. The van der Waals surface area contributed by atoms with E-state index in [0.717, 1.165) is 50.3 Å². The van der Waals surface area contributed by atoms with E-state index in [1.54, 1.807) is 17.0 Å². The molecule has 1 spiro atoms. The van der Waals surface area contributed by atoms with Crippen LogP contribution in [0.4, 0.5) is 38.0 Å². The maximum atomic E-state index is 14.6. The molecule has 2 N–H and O–H groups in total. The number of fused-ring (bicyclic) bond motifs is 4. The Bertz CT molecular complexity index is 1650. The van der Waals surface area contributed by atoms with Gasteiger partial charge in [-0.15, -0.1) is 0 Å². The van der Waals surface area contributed by atoms with Crippen molar-refractivity contribution in [3.05, 3.63) is 41.2 Å². The normalized spacial score (nSPS) is 29.3. The maximum absolute atomic E-state index is 14.6. The number of carbonyl (C=O) groups is 2. The number of alkyl halides is 6. The Balaban J connectivity index is 1.17. The number of likely N-dealkylation sites (tertiary alicyclic amines) is 1. The number of aromatic nitrogens is 2. The van der Waals surface area contributed by atoms with Crippen LogP contribution in [-0.2, 0) is 16.4 Å². The van der Waals surface area contributed by atoms with E-state index >= 15 is 0 Å². The third kappa shape index (κ3) is 6.50. The van der Waals surface area contributed by atoms with E-state index in [1.807, 2.05) is 13.0 Å². The number of anilines is 2. The van der Waals surface area contributed by atoms with Crippen molar-refractivity contribution >= 4 is 23.5 Å². The van der Waals surface area contributed by atoms with E-state index in [1.165, 1.54) is 4.90 Å². The molecule has 1 amide bonds. The highest BCUT2D eigenvalue weighted by atomic mass is 19.4. The molecule has 9 nitrogen and oxygen atoms in total. The largest absolute Gasteiger partial charge is 0.489 e. The molecule has 2 bridgehead atoms. The van der Waals surface area contributed by atoms with Crippen molar-refractivity contribution in [2.24, 2.45) is 17.8 Å². The number of nitrogens with zero attached hydrogens (tertiary/aromatic N) is 4. The average Bonchev–Trinajstić information content (AvgIpc) is 3.68. The van der Waals surface area contributed by atoms with Gasteiger partial charge in [0.2, 0.25) is 5.95 Å². The summed E-state index contributed by atoms with van der Waals surface area (Å²) in [5, 5.41) is 12.8. The molecule has 1 saturated heterocycles. The molecular weight excluding hydrogens is 668 g/mol. The molecule has 3 saturated carbocycles. The van der Waals surface area contributed by atoms with Gasteiger partial charge in [0.05, 0.1) is 12.1 Å². The Labute approximate surface area is 285 Å². The lowest BCUT2D eigenvalue weighted by Crippen LogP contribution is -2.57. The van der Waals surface area contributed by atoms with Crippen molar-refractivity contribution in [1.82, 2.24) is 20.2 Å². The van der Waals surface area contributed by atoms with E-state index in [-0.39, 0.29) is 43.2 Å². The highest BCUT2D eigenvalue weighted by molar-refractivity contribution is 5.99. The molecule has 5 atom stereocenters. The summed E-state index contributed by atoms with van der Waals surface area (Å²) >= 11 is 0. The quantitative estimate of drug-likeness (QED) is 0.300. The molecule has 7 rings (SSSR count). The zero-order valence-corrected chi connectivity index (χ0v) is 27.7. The molecule has 5 aliphatic rings. The molecule has 50 heavy (non-hydrogen) atoms. The van der Waals surface area contributed by atoms with Gasteiger partial charge in [-0.2, -0.15) is 26.3 Å². The number of carboxylic acid groups (broad SMARTS) is 1. The van der Waals surface area contributed by atoms with E-state index in [9.17, 15) is 41.0 Å². The SMILES string of the molecule is CC1CC2CC(C1)C(NC(=O)c1cnc(N3CC4(CCCCC4)c4cc(O[C@@H]5CCN(CC(F)(F)F)C5)ccc43)nc1C(F)(F)F)(C(=O)O)C2. The Morgan fingerprint density at radius 2 is 1.84 bits per heavy atom. The Hall–Kier alpha value is -3.62. The number of hydrogen-bond donors (Lipinski definition) is 2. The second-order valence-corrected chi connectivity index (χ2v) is 15.2. The molecular formula is C35H41F6N5O4. The maximum Gasteiger partial charge on any atom is 0.434 e. The fourth-order valence-electron chi connectivity index (χ4n) is 9.60. The first-order valence-corrected chi connectivity index (χ1v) is 17.4. The molecule has 272 valence electrons. The van der Waals surface area contributed by atoms with Gasteiger partial charge in [-0.25, -0.2) is 14.8 Å². The number of benzene rings is 1. The lowest BCUT2D eigenvalue weighted by atomic mass is 9.71. The van der Waals surface area contributed by atoms with Crippen LogP contribution in [0.3, 0.4) is 0 Å². The molecule has 4 fully saturated rings. The minimum Gasteiger partial charge on any atom is -0.489 e. The molecule has 2 aromatic rings. The van der Waals surface area contributed by atoms with Crippen molar-refractivity contribution in [1.29, 1.82) is 0 Å². The van der Waals surface area contributed by atoms with Crippen LogP contribution in [0, 0.1) is 17.8 Å². The van der Waals surface area contributed by atoms with Crippen LogP contribution in [-0.4, -0.2) is 75.8 Å². The van der Waals surface area contributed by atoms with Crippen LogP contribution in [0.15, 0.2) is 24.4 Å². The molecule has 4 unspecified atom stereocenters. The van der Waals surface area contributed by atoms with Crippen LogP contribution in [0.5, 0.6) is 5.75 Å². The van der Waals surface area contributed by atoms with Gasteiger partial charge in [0.1, 0.15) is 17.4 Å². The minimum absolute atomic E-state index is 0.0661. The second kappa shape index (κ2) is 12.6. The number of ether oxygens (including phenoxy) is 1. The van der Waals surface area contributed by atoms with E-state index in [4.69, 9.17) is 4.74 Å². The van der Waals surface area contributed by atoms with Crippen LogP contribution in [0.1, 0.15) is 92.7 Å². The summed E-state index contributed by atoms with van der Waals surface area (Å²) in [5.74, 6) is -2.24. The number of hydrogen-bond acceptors (Lipinski definition) is 7. The number of amides is 1. The van der Waals surface area contributed by atoms with Gasteiger partial charge in [0.15, 0.2) is 5.69 Å². The zero-order chi connectivity index (χ0) is 35.6. The fraction of sp³-hybridized carbons (Fsp3) is 0.657. The van der Waals surface area contributed by atoms with Crippen molar-refractivity contribution < 1.29 is 45.8 Å². The van der Waals surface area contributed by atoms with Crippen molar-refractivity contribution in [2.45, 2.75) is 101 Å². The smallest absolute Gasteiger partial charge is 0.434 e. The van der Waals surface area contributed by atoms with Gasteiger partial charge in [-0.1, -0.05) is 26.2 Å². The summed E-state index contributed by atoms with van der Waals surface area (Å²) in [4.78, 5) is 37.3. The monoisotopic (exact) mass is 709 g/mol. The summed E-state index contributed by atoms with van der Waals surface area (Å²) in [7, 11) is 0. The van der Waals surface area contributed by atoms with E-state index in [2.05, 4.69) is 15.3 Å². The number of carbonyl (C=O) groups excluding carboxylic acids is 1. The minimum atomic E-state index is -5.04. The van der Waals surface area contributed by atoms with Crippen molar-refractivity contribution in [2.75, 3.05) is 31.1 Å². The number of aliphatic carboxylic acids is 1. The summed E-state index contributed by atoms with van der Waals surface area (Å²) in [6.45, 7) is 1.71. The number of nitrogens with one attached hydrogen (secondary N) is 1. The summed E-state index contributed by atoms with van der Waals surface area (Å²) < 4.78 is 88.8. The Morgan fingerprint density at radius 3 is 2.54 bits per heavy atom. The third-order valence-corrected chi connectivity index (χ3v) is 11.6. The molecule has 15 heteroatoms. The molecule has 3 aliphatic carbocycles. The van der Waals surface area contributed by atoms with Gasteiger partial charge in [0.25, 0.3) is 5.91 Å². The topological polar surface area (TPSA) is 108 Å². The highest BCUT2D eigenvalue weighted by Crippen LogP contribution is 2.53. The molecule has 2 aliphatic heterocycles. The Morgan fingerprint density at radius 1 is 1.08 bits per heavy atom. The van der Waals surface area contributed by atoms with Crippen molar-refractivity contribution in [3.63, 3.8) is 0 Å². The van der Waals surface area contributed by atoms with Crippen LogP contribution >= 0.6 is 0 Å². The lowest BCUT2D eigenvalue weighted by Gasteiger charge is -2.34.